The van der Waals surface area contributed by atoms with Crippen molar-refractivity contribution >= 4 is 5.91 Å². The Morgan fingerprint density at radius 1 is 1.37 bits per heavy atom. The summed E-state index contributed by atoms with van der Waals surface area (Å²) in [5.41, 5.74) is 1.84. The molecular weight excluding hydrogens is 240 g/mol. The van der Waals surface area contributed by atoms with Crippen molar-refractivity contribution in [1.29, 1.82) is 0 Å². The second kappa shape index (κ2) is 8.67. The molecule has 0 aliphatic carbocycles. The molecule has 19 heavy (non-hydrogen) atoms. The molecule has 1 rings (SSSR count). The van der Waals surface area contributed by atoms with Gasteiger partial charge in [0.1, 0.15) is 0 Å². The van der Waals surface area contributed by atoms with E-state index in [0.717, 1.165) is 30.5 Å². The van der Waals surface area contributed by atoms with Crippen molar-refractivity contribution in [2.45, 2.75) is 25.8 Å². The third kappa shape index (κ3) is 5.41. The number of hydrogen-bond acceptors (Lipinski definition) is 3. The fourth-order valence-corrected chi connectivity index (χ4v) is 1.89. The van der Waals surface area contributed by atoms with Gasteiger partial charge in [-0.05, 0) is 45.0 Å². The molecule has 0 aromatic heterocycles. The smallest absolute Gasteiger partial charge is 0.251 e. The summed E-state index contributed by atoms with van der Waals surface area (Å²) in [5, 5.41) is 6.11. The fraction of sp³-hybridized carbons (Fsp3) is 0.533. The van der Waals surface area contributed by atoms with Gasteiger partial charge in [0, 0.05) is 25.3 Å². The lowest BCUT2D eigenvalue weighted by Crippen LogP contribution is -2.34. The highest BCUT2D eigenvalue weighted by Crippen LogP contribution is 2.10. The van der Waals surface area contributed by atoms with E-state index < -0.39 is 0 Å². The van der Waals surface area contributed by atoms with Crippen molar-refractivity contribution in [3.05, 3.63) is 35.4 Å². The SMILES string of the molecule is CNCCc1ccccc1C(=O)NC(C)CCOC. The zero-order valence-corrected chi connectivity index (χ0v) is 12.0. The second-order valence-corrected chi connectivity index (χ2v) is 4.67. The monoisotopic (exact) mass is 264 g/mol. The van der Waals surface area contributed by atoms with Crippen LogP contribution in [0, 0.1) is 0 Å². The number of ether oxygens (including phenoxy) is 1. The van der Waals surface area contributed by atoms with E-state index in [4.69, 9.17) is 4.74 Å². The molecule has 4 heteroatoms. The Balaban J connectivity index is 2.65. The van der Waals surface area contributed by atoms with Crippen molar-refractivity contribution in [1.82, 2.24) is 10.6 Å². The number of carbonyl (C=O) groups is 1. The number of nitrogens with one attached hydrogen (secondary N) is 2. The number of likely N-dealkylation sites (N-methyl/N-ethyl adjacent to an activating group) is 1. The van der Waals surface area contributed by atoms with Crippen molar-refractivity contribution < 1.29 is 9.53 Å². The quantitative estimate of drug-likeness (QED) is 0.750. The van der Waals surface area contributed by atoms with Gasteiger partial charge >= 0.3 is 0 Å². The Bertz CT molecular complexity index is 393. The van der Waals surface area contributed by atoms with E-state index in [9.17, 15) is 4.79 Å². The molecule has 1 unspecified atom stereocenters. The van der Waals surface area contributed by atoms with E-state index in [2.05, 4.69) is 10.6 Å². The van der Waals surface area contributed by atoms with Gasteiger partial charge in [-0.25, -0.2) is 0 Å². The highest BCUT2D eigenvalue weighted by atomic mass is 16.5. The molecule has 1 atom stereocenters. The molecular formula is C15H24N2O2. The topological polar surface area (TPSA) is 50.4 Å². The van der Waals surface area contributed by atoms with Gasteiger partial charge in [0.25, 0.3) is 5.91 Å². The lowest BCUT2D eigenvalue weighted by Gasteiger charge is -2.15. The molecule has 0 bridgehead atoms. The highest BCUT2D eigenvalue weighted by molar-refractivity contribution is 5.95. The normalized spacial score (nSPS) is 12.2. The average Bonchev–Trinajstić information content (AvgIpc) is 2.43. The third-order valence-electron chi connectivity index (χ3n) is 3.04. The van der Waals surface area contributed by atoms with E-state index in [1.807, 2.05) is 38.2 Å². The number of amides is 1. The Kier molecular flexibility index (Phi) is 7.15. The minimum absolute atomic E-state index is 0.00435. The van der Waals surface area contributed by atoms with E-state index in [-0.39, 0.29) is 11.9 Å². The summed E-state index contributed by atoms with van der Waals surface area (Å²) in [6, 6.07) is 7.87. The van der Waals surface area contributed by atoms with Crippen LogP contribution in [0.3, 0.4) is 0 Å². The maximum absolute atomic E-state index is 12.2. The van der Waals surface area contributed by atoms with Crippen LogP contribution in [0.2, 0.25) is 0 Å². The van der Waals surface area contributed by atoms with Crippen LogP contribution in [0.25, 0.3) is 0 Å². The molecule has 0 radical (unpaired) electrons. The van der Waals surface area contributed by atoms with Gasteiger partial charge in [-0.3, -0.25) is 4.79 Å². The minimum Gasteiger partial charge on any atom is -0.385 e. The van der Waals surface area contributed by atoms with Crippen LogP contribution in [0.1, 0.15) is 29.3 Å². The van der Waals surface area contributed by atoms with Crippen LogP contribution >= 0.6 is 0 Å². The van der Waals surface area contributed by atoms with Gasteiger partial charge in [-0.2, -0.15) is 0 Å². The van der Waals surface area contributed by atoms with Gasteiger partial charge in [0.2, 0.25) is 0 Å². The maximum Gasteiger partial charge on any atom is 0.251 e. The molecule has 0 aliphatic rings. The lowest BCUT2D eigenvalue weighted by molar-refractivity contribution is 0.0928. The first-order valence-corrected chi connectivity index (χ1v) is 6.71. The molecule has 0 heterocycles. The molecule has 0 saturated heterocycles. The number of rotatable bonds is 8. The van der Waals surface area contributed by atoms with Crippen molar-refractivity contribution in [3.63, 3.8) is 0 Å². The molecule has 4 nitrogen and oxygen atoms in total. The summed E-state index contributed by atoms with van der Waals surface area (Å²) in [7, 11) is 3.58. The summed E-state index contributed by atoms with van der Waals surface area (Å²) in [6.45, 7) is 3.51. The Labute approximate surface area is 115 Å². The molecule has 2 N–H and O–H groups in total. The first kappa shape index (κ1) is 15.7. The van der Waals surface area contributed by atoms with Crippen molar-refractivity contribution in [2.24, 2.45) is 0 Å². The van der Waals surface area contributed by atoms with Gasteiger partial charge in [-0.15, -0.1) is 0 Å². The summed E-state index contributed by atoms with van der Waals surface area (Å²) >= 11 is 0. The summed E-state index contributed by atoms with van der Waals surface area (Å²) < 4.78 is 5.02. The molecule has 0 fully saturated rings. The lowest BCUT2D eigenvalue weighted by atomic mass is 10.0. The van der Waals surface area contributed by atoms with Crippen LogP contribution in [0.5, 0.6) is 0 Å². The van der Waals surface area contributed by atoms with Crippen LogP contribution in [-0.2, 0) is 11.2 Å². The van der Waals surface area contributed by atoms with Crippen LogP contribution in [-0.4, -0.2) is 39.3 Å². The highest BCUT2D eigenvalue weighted by Gasteiger charge is 2.12. The number of methoxy groups -OCH3 is 1. The van der Waals surface area contributed by atoms with Gasteiger partial charge < -0.3 is 15.4 Å². The number of carbonyl (C=O) groups excluding carboxylic acids is 1. The number of benzene rings is 1. The predicted octanol–water partition coefficient (Wildman–Crippen LogP) is 1.60. The molecule has 1 aromatic rings. The third-order valence-corrected chi connectivity index (χ3v) is 3.04. The number of hydrogen-bond donors (Lipinski definition) is 2. The molecule has 1 aromatic carbocycles. The van der Waals surface area contributed by atoms with E-state index in [1.165, 1.54) is 0 Å². The predicted molar refractivity (Wildman–Crippen MR) is 77.5 cm³/mol. The van der Waals surface area contributed by atoms with Gasteiger partial charge in [0.05, 0.1) is 0 Å². The first-order valence-electron chi connectivity index (χ1n) is 6.71. The van der Waals surface area contributed by atoms with Gasteiger partial charge in [0.15, 0.2) is 0 Å². The molecule has 106 valence electrons. The van der Waals surface area contributed by atoms with Crippen LogP contribution < -0.4 is 10.6 Å². The summed E-state index contributed by atoms with van der Waals surface area (Å²) in [5.74, 6) is -0.00435. The first-order chi connectivity index (χ1) is 9.19. The van der Waals surface area contributed by atoms with Crippen molar-refractivity contribution in [3.8, 4) is 0 Å². The van der Waals surface area contributed by atoms with E-state index >= 15 is 0 Å². The molecule has 0 spiro atoms. The second-order valence-electron chi connectivity index (χ2n) is 4.67. The Hall–Kier alpha value is -1.39. The standard InChI is InChI=1S/C15H24N2O2/c1-12(9-11-19-3)17-15(18)14-7-5-4-6-13(14)8-10-16-2/h4-7,12,16H,8-11H2,1-3H3,(H,17,18). The zero-order valence-electron chi connectivity index (χ0n) is 12.0. The average molecular weight is 264 g/mol. The maximum atomic E-state index is 12.2. The minimum atomic E-state index is -0.00435. The summed E-state index contributed by atoms with van der Waals surface area (Å²) in [4.78, 5) is 12.2. The Morgan fingerprint density at radius 2 is 2.11 bits per heavy atom. The van der Waals surface area contributed by atoms with Gasteiger partial charge in [-0.1, -0.05) is 18.2 Å². The van der Waals surface area contributed by atoms with E-state index in [1.54, 1.807) is 7.11 Å². The summed E-state index contributed by atoms with van der Waals surface area (Å²) in [6.07, 6.45) is 1.67. The van der Waals surface area contributed by atoms with Crippen LogP contribution in [0.15, 0.2) is 24.3 Å². The zero-order chi connectivity index (χ0) is 14.1. The largest absolute Gasteiger partial charge is 0.385 e. The molecule has 1 amide bonds. The van der Waals surface area contributed by atoms with Crippen molar-refractivity contribution in [2.75, 3.05) is 27.3 Å². The van der Waals surface area contributed by atoms with Crippen LogP contribution in [0.4, 0.5) is 0 Å². The molecule has 0 saturated carbocycles. The fourth-order valence-electron chi connectivity index (χ4n) is 1.89. The van der Waals surface area contributed by atoms with E-state index in [0.29, 0.717) is 6.61 Å². The Morgan fingerprint density at radius 3 is 2.79 bits per heavy atom. The molecule has 0 aliphatic heterocycles.